The van der Waals surface area contributed by atoms with E-state index in [4.69, 9.17) is 21.3 Å². The number of nitrogens with zero attached hydrogens (tertiary/aromatic N) is 4. The van der Waals surface area contributed by atoms with E-state index >= 15 is 0 Å². The quantitative estimate of drug-likeness (QED) is 0.558. The fraction of sp³-hybridized carbons (Fsp3) is 0.304. The molecule has 31 heavy (non-hydrogen) atoms. The maximum absolute atomic E-state index is 10.0. The third kappa shape index (κ3) is 5.30. The van der Waals surface area contributed by atoms with Crippen LogP contribution in [0.2, 0.25) is 5.02 Å². The Morgan fingerprint density at radius 3 is 2.42 bits per heavy atom. The van der Waals surface area contributed by atoms with Crippen molar-refractivity contribution in [3.8, 4) is 11.4 Å². The third-order valence-electron chi connectivity index (χ3n) is 4.49. The lowest BCUT2D eigenvalue weighted by molar-refractivity contribution is -0.144. The van der Waals surface area contributed by atoms with Crippen LogP contribution < -0.4 is 4.74 Å². The van der Waals surface area contributed by atoms with Gasteiger partial charge in [-0.1, -0.05) is 23.7 Å². The SMILES string of the molecule is CC(=O)OC(C)C.COc1ccc2c(c1)C(c1ccc(Cl)cc1)=NCc1nnc(C)n1-2. The van der Waals surface area contributed by atoms with E-state index in [1.54, 1.807) is 7.11 Å². The van der Waals surface area contributed by atoms with Crippen LogP contribution in [0.1, 0.15) is 43.5 Å². The molecule has 0 spiro atoms. The average Bonchev–Trinajstić information content (AvgIpc) is 3.00. The minimum atomic E-state index is -0.213. The highest BCUT2D eigenvalue weighted by Gasteiger charge is 2.22. The highest BCUT2D eigenvalue weighted by Crippen LogP contribution is 2.29. The molecule has 8 heteroatoms. The predicted molar refractivity (Wildman–Crippen MR) is 120 cm³/mol. The molecule has 0 saturated heterocycles. The fourth-order valence-corrected chi connectivity index (χ4v) is 3.40. The van der Waals surface area contributed by atoms with Crippen molar-refractivity contribution in [2.45, 2.75) is 40.3 Å². The van der Waals surface area contributed by atoms with Crippen molar-refractivity contribution in [3.05, 3.63) is 70.3 Å². The number of carbonyl (C=O) groups is 1. The summed E-state index contributed by atoms with van der Waals surface area (Å²) in [6.45, 7) is 7.45. The van der Waals surface area contributed by atoms with Gasteiger partial charge in [-0.15, -0.1) is 10.2 Å². The van der Waals surface area contributed by atoms with Crippen LogP contribution in [0.4, 0.5) is 0 Å². The zero-order valence-corrected chi connectivity index (χ0v) is 19.0. The molecule has 0 fully saturated rings. The molecular formula is C23H25ClN4O3. The molecule has 162 valence electrons. The first-order chi connectivity index (χ1) is 14.8. The third-order valence-corrected chi connectivity index (χ3v) is 4.74. The molecule has 0 bridgehead atoms. The van der Waals surface area contributed by atoms with Gasteiger partial charge in [-0.05, 0) is 51.1 Å². The lowest BCUT2D eigenvalue weighted by atomic mass is 10.00. The van der Waals surface area contributed by atoms with Crippen molar-refractivity contribution in [2.24, 2.45) is 4.99 Å². The highest BCUT2D eigenvalue weighted by atomic mass is 35.5. The number of fused-ring (bicyclic) bond motifs is 3. The molecule has 1 aromatic heterocycles. The Morgan fingerprint density at radius 1 is 1.13 bits per heavy atom. The number of aromatic nitrogens is 3. The standard InChI is InChI=1S/C18H15ClN4O.C5H10O2/c1-11-21-22-17-10-20-18(12-3-5-13(19)6-4-12)15-9-14(24-2)7-8-16(15)23(11)17;1-4(2)7-5(3)6/h3-9H,10H2,1-2H3;4H,1-3H3. The number of rotatable bonds is 3. The van der Waals surface area contributed by atoms with Gasteiger partial charge in [-0.25, -0.2) is 0 Å². The van der Waals surface area contributed by atoms with E-state index in [1.165, 1.54) is 6.92 Å². The van der Waals surface area contributed by atoms with E-state index in [0.29, 0.717) is 11.6 Å². The predicted octanol–water partition coefficient (Wildman–Crippen LogP) is 4.55. The first-order valence-electron chi connectivity index (χ1n) is 9.87. The summed E-state index contributed by atoms with van der Waals surface area (Å²) < 4.78 is 12.1. The zero-order valence-electron chi connectivity index (χ0n) is 18.2. The Bertz CT molecular complexity index is 1100. The summed E-state index contributed by atoms with van der Waals surface area (Å²) in [6.07, 6.45) is 0.0255. The van der Waals surface area contributed by atoms with E-state index in [1.807, 2.05) is 67.8 Å². The van der Waals surface area contributed by atoms with Gasteiger partial charge >= 0.3 is 5.97 Å². The summed E-state index contributed by atoms with van der Waals surface area (Å²) in [6, 6.07) is 13.6. The van der Waals surface area contributed by atoms with Crippen molar-refractivity contribution in [2.75, 3.05) is 7.11 Å². The Labute approximate surface area is 186 Å². The topological polar surface area (TPSA) is 78.6 Å². The first-order valence-corrected chi connectivity index (χ1v) is 10.2. The molecule has 0 amide bonds. The van der Waals surface area contributed by atoms with Crippen molar-refractivity contribution in [1.29, 1.82) is 0 Å². The zero-order chi connectivity index (χ0) is 22.5. The smallest absolute Gasteiger partial charge is 0.302 e. The summed E-state index contributed by atoms with van der Waals surface area (Å²) in [5, 5.41) is 9.14. The average molecular weight is 441 g/mol. The summed E-state index contributed by atoms with van der Waals surface area (Å²) in [5.41, 5.74) is 3.88. The van der Waals surface area contributed by atoms with E-state index < -0.39 is 0 Å². The molecule has 4 rings (SSSR count). The molecule has 1 aliphatic rings. The number of esters is 1. The second-order valence-electron chi connectivity index (χ2n) is 7.21. The largest absolute Gasteiger partial charge is 0.497 e. The van der Waals surface area contributed by atoms with Gasteiger partial charge in [0, 0.05) is 23.1 Å². The number of ether oxygens (including phenoxy) is 2. The summed E-state index contributed by atoms with van der Waals surface area (Å²) in [5.74, 6) is 2.23. The monoisotopic (exact) mass is 440 g/mol. The van der Waals surface area contributed by atoms with Gasteiger partial charge in [0.2, 0.25) is 0 Å². The van der Waals surface area contributed by atoms with Crippen molar-refractivity contribution in [3.63, 3.8) is 0 Å². The molecule has 0 N–H and O–H groups in total. The molecule has 0 saturated carbocycles. The van der Waals surface area contributed by atoms with E-state index in [2.05, 4.69) is 14.9 Å². The van der Waals surface area contributed by atoms with Gasteiger partial charge in [-0.2, -0.15) is 0 Å². The molecule has 2 heterocycles. The molecule has 0 aliphatic carbocycles. The molecule has 0 atom stereocenters. The minimum absolute atomic E-state index is 0.0255. The van der Waals surface area contributed by atoms with Gasteiger partial charge in [0.05, 0.1) is 24.6 Å². The Morgan fingerprint density at radius 2 is 1.84 bits per heavy atom. The molecule has 0 radical (unpaired) electrons. The van der Waals surface area contributed by atoms with Gasteiger partial charge in [-0.3, -0.25) is 14.4 Å². The van der Waals surface area contributed by atoms with Gasteiger partial charge in [0.15, 0.2) is 5.82 Å². The van der Waals surface area contributed by atoms with Gasteiger partial charge < -0.3 is 9.47 Å². The van der Waals surface area contributed by atoms with E-state index in [0.717, 1.165) is 39.9 Å². The van der Waals surface area contributed by atoms with Crippen LogP contribution in [0.5, 0.6) is 5.75 Å². The van der Waals surface area contributed by atoms with Gasteiger partial charge in [0.25, 0.3) is 0 Å². The number of aliphatic imine (C=N–C) groups is 1. The van der Waals surface area contributed by atoms with Crippen molar-refractivity contribution >= 4 is 23.3 Å². The number of aryl methyl sites for hydroxylation is 1. The number of hydrogen-bond donors (Lipinski definition) is 0. The van der Waals surface area contributed by atoms with Crippen LogP contribution in [0.25, 0.3) is 5.69 Å². The Hall–Kier alpha value is -3.19. The van der Waals surface area contributed by atoms with Crippen LogP contribution in [0.3, 0.4) is 0 Å². The lowest BCUT2D eigenvalue weighted by Gasteiger charge is -2.14. The van der Waals surface area contributed by atoms with Crippen LogP contribution in [0, 0.1) is 6.92 Å². The number of benzene rings is 2. The normalized spacial score (nSPS) is 12.0. The molecule has 2 aromatic carbocycles. The highest BCUT2D eigenvalue weighted by molar-refractivity contribution is 6.30. The molecule has 1 aliphatic heterocycles. The van der Waals surface area contributed by atoms with Crippen molar-refractivity contribution in [1.82, 2.24) is 14.8 Å². The Balaban J connectivity index is 0.000000339. The van der Waals surface area contributed by atoms with E-state index in [-0.39, 0.29) is 12.1 Å². The summed E-state index contributed by atoms with van der Waals surface area (Å²) >= 11 is 6.02. The first kappa shape index (κ1) is 22.5. The van der Waals surface area contributed by atoms with E-state index in [9.17, 15) is 4.79 Å². The second kappa shape index (κ2) is 9.75. The number of methoxy groups -OCH3 is 1. The maximum Gasteiger partial charge on any atom is 0.302 e. The van der Waals surface area contributed by atoms with Crippen LogP contribution in [-0.2, 0) is 16.1 Å². The lowest BCUT2D eigenvalue weighted by Crippen LogP contribution is -2.08. The molecular weight excluding hydrogens is 416 g/mol. The van der Waals surface area contributed by atoms with Crippen molar-refractivity contribution < 1.29 is 14.3 Å². The number of carbonyl (C=O) groups excluding carboxylic acids is 1. The number of halogens is 1. The van der Waals surface area contributed by atoms with Crippen LogP contribution in [-0.4, -0.2) is 39.7 Å². The molecule has 3 aromatic rings. The second-order valence-corrected chi connectivity index (χ2v) is 7.65. The molecule has 0 unspecified atom stereocenters. The van der Waals surface area contributed by atoms with Gasteiger partial charge in [0.1, 0.15) is 18.1 Å². The maximum atomic E-state index is 10.0. The minimum Gasteiger partial charge on any atom is -0.497 e. The van der Waals surface area contributed by atoms with Crippen LogP contribution in [0.15, 0.2) is 47.5 Å². The summed E-state index contributed by atoms with van der Waals surface area (Å²) in [4.78, 5) is 14.8. The molecule has 7 nitrogen and oxygen atoms in total. The Kier molecular flexibility index (Phi) is 7.07. The van der Waals surface area contributed by atoms with Crippen LogP contribution >= 0.6 is 11.6 Å². The number of hydrogen-bond acceptors (Lipinski definition) is 6. The fourth-order valence-electron chi connectivity index (χ4n) is 3.27. The summed E-state index contributed by atoms with van der Waals surface area (Å²) in [7, 11) is 1.66.